The van der Waals surface area contributed by atoms with Crippen LogP contribution in [0.3, 0.4) is 0 Å². The van der Waals surface area contributed by atoms with Gasteiger partial charge in [-0.05, 0) is 49.2 Å². The molecular formula is C20H22N2O3. The van der Waals surface area contributed by atoms with Crippen molar-refractivity contribution >= 4 is 11.8 Å². The van der Waals surface area contributed by atoms with E-state index >= 15 is 0 Å². The van der Waals surface area contributed by atoms with Crippen molar-refractivity contribution in [1.82, 2.24) is 10.6 Å². The lowest BCUT2D eigenvalue weighted by molar-refractivity contribution is -0.120. The lowest BCUT2D eigenvalue weighted by Crippen LogP contribution is -2.40. The summed E-state index contributed by atoms with van der Waals surface area (Å²) < 4.78 is 5.69. The maximum atomic E-state index is 12.1. The maximum Gasteiger partial charge on any atom is 0.251 e. The van der Waals surface area contributed by atoms with Gasteiger partial charge < -0.3 is 15.4 Å². The summed E-state index contributed by atoms with van der Waals surface area (Å²) in [6.07, 6.45) is 4.38. The normalized spacial score (nSPS) is 14.1. The Morgan fingerprint density at radius 1 is 0.920 bits per heavy atom. The molecule has 1 aliphatic rings. The smallest absolute Gasteiger partial charge is 0.251 e. The molecule has 0 bridgehead atoms. The third-order valence-corrected chi connectivity index (χ3v) is 4.23. The van der Waals surface area contributed by atoms with Crippen molar-refractivity contribution in [2.24, 2.45) is 0 Å². The Hall–Kier alpha value is -2.82. The van der Waals surface area contributed by atoms with E-state index in [9.17, 15) is 9.59 Å². The molecule has 0 aromatic heterocycles. The number of hydrogen-bond donors (Lipinski definition) is 2. The van der Waals surface area contributed by atoms with Gasteiger partial charge in [-0.25, -0.2) is 0 Å². The number of ether oxygens (including phenoxy) is 1. The molecule has 1 fully saturated rings. The van der Waals surface area contributed by atoms with E-state index in [2.05, 4.69) is 10.6 Å². The van der Waals surface area contributed by atoms with Gasteiger partial charge in [-0.2, -0.15) is 0 Å². The molecule has 0 radical (unpaired) electrons. The van der Waals surface area contributed by atoms with Crippen molar-refractivity contribution in [1.29, 1.82) is 0 Å². The van der Waals surface area contributed by atoms with Crippen LogP contribution in [0.1, 0.15) is 36.0 Å². The summed E-state index contributed by atoms with van der Waals surface area (Å²) in [5.74, 6) is 0.988. The van der Waals surface area contributed by atoms with Crippen LogP contribution in [0, 0.1) is 0 Å². The number of hydrogen-bond acceptors (Lipinski definition) is 3. The molecule has 2 N–H and O–H groups in total. The van der Waals surface area contributed by atoms with E-state index in [0.29, 0.717) is 11.3 Å². The van der Waals surface area contributed by atoms with E-state index in [1.807, 2.05) is 30.3 Å². The standard InChI is InChI=1S/C20H22N2O3/c23-19(22-16-6-4-5-7-16)14-21-20(24)15-10-12-18(13-11-15)25-17-8-2-1-3-9-17/h1-3,8-13,16H,4-7,14H2,(H,21,24)(H,22,23). The first kappa shape index (κ1) is 17.0. The van der Waals surface area contributed by atoms with Crippen molar-refractivity contribution in [2.75, 3.05) is 6.54 Å². The van der Waals surface area contributed by atoms with Gasteiger partial charge in [-0.3, -0.25) is 9.59 Å². The molecule has 0 atom stereocenters. The molecule has 2 aromatic carbocycles. The van der Waals surface area contributed by atoms with Gasteiger partial charge in [0.1, 0.15) is 11.5 Å². The minimum Gasteiger partial charge on any atom is -0.457 e. The van der Waals surface area contributed by atoms with Gasteiger partial charge >= 0.3 is 0 Å². The zero-order valence-electron chi connectivity index (χ0n) is 14.0. The van der Waals surface area contributed by atoms with Gasteiger partial charge in [-0.1, -0.05) is 31.0 Å². The molecule has 0 spiro atoms. The summed E-state index contributed by atoms with van der Waals surface area (Å²) in [5.41, 5.74) is 0.495. The molecule has 0 saturated heterocycles. The average Bonchev–Trinajstić information content (AvgIpc) is 3.14. The second-order valence-electron chi connectivity index (χ2n) is 6.17. The van der Waals surface area contributed by atoms with Crippen LogP contribution in [0.15, 0.2) is 54.6 Å². The highest BCUT2D eigenvalue weighted by molar-refractivity contribution is 5.96. The van der Waals surface area contributed by atoms with Crippen LogP contribution in [-0.4, -0.2) is 24.4 Å². The third kappa shape index (κ3) is 5.08. The predicted molar refractivity (Wildman–Crippen MR) is 95.7 cm³/mol. The van der Waals surface area contributed by atoms with Crippen LogP contribution in [0.4, 0.5) is 0 Å². The van der Waals surface area contributed by atoms with Crippen molar-refractivity contribution in [3.05, 3.63) is 60.2 Å². The van der Waals surface area contributed by atoms with E-state index < -0.39 is 0 Å². The lowest BCUT2D eigenvalue weighted by atomic mass is 10.2. The molecule has 0 heterocycles. The lowest BCUT2D eigenvalue weighted by Gasteiger charge is -2.12. The second kappa shape index (κ2) is 8.33. The molecule has 5 nitrogen and oxygen atoms in total. The van der Waals surface area contributed by atoms with E-state index in [-0.39, 0.29) is 24.4 Å². The van der Waals surface area contributed by atoms with E-state index in [0.717, 1.165) is 31.4 Å². The summed E-state index contributed by atoms with van der Waals surface area (Å²) in [6.45, 7) is -0.00238. The molecule has 3 rings (SSSR count). The van der Waals surface area contributed by atoms with Crippen molar-refractivity contribution in [2.45, 2.75) is 31.7 Å². The summed E-state index contributed by atoms with van der Waals surface area (Å²) in [6, 6.07) is 16.5. The Kier molecular flexibility index (Phi) is 5.67. The zero-order valence-corrected chi connectivity index (χ0v) is 14.0. The van der Waals surface area contributed by atoms with Crippen LogP contribution in [0.5, 0.6) is 11.5 Å². The fraction of sp³-hybridized carbons (Fsp3) is 0.300. The number of para-hydroxylation sites is 1. The summed E-state index contributed by atoms with van der Waals surface area (Å²) in [5, 5.41) is 5.60. The highest BCUT2D eigenvalue weighted by Crippen LogP contribution is 2.21. The zero-order chi connectivity index (χ0) is 17.5. The van der Waals surface area contributed by atoms with Crippen molar-refractivity contribution < 1.29 is 14.3 Å². The highest BCUT2D eigenvalue weighted by Gasteiger charge is 2.17. The SMILES string of the molecule is O=C(CNC(=O)c1ccc(Oc2ccccc2)cc1)NC1CCCC1. The minimum atomic E-state index is -0.271. The predicted octanol–water partition coefficient (Wildman–Crippen LogP) is 3.27. The first-order valence-corrected chi connectivity index (χ1v) is 8.61. The first-order chi connectivity index (χ1) is 12.2. The monoisotopic (exact) mass is 338 g/mol. The number of rotatable bonds is 6. The fourth-order valence-electron chi connectivity index (χ4n) is 2.91. The Bertz CT molecular complexity index is 707. The Labute approximate surface area is 147 Å². The maximum absolute atomic E-state index is 12.1. The molecule has 1 aliphatic carbocycles. The molecule has 25 heavy (non-hydrogen) atoms. The first-order valence-electron chi connectivity index (χ1n) is 8.61. The van der Waals surface area contributed by atoms with Crippen LogP contribution >= 0.6 is 0 Å². The van der Waals surface area contributed by atoms with Crippen molar-refractivity contribution in [3.63, 3.8) is 0 Å². The van der Waals surface area contributed by atoms with Crippen LogP contribution < -0.4 is 15.4 Å². The summed E-state index contributed by atoms with van der Waals surface area (Å²) >= 11 is 0. The number of amides is 2. The average molecular weight is 338 g/mol. The molecule has 2 amide bonds. The Morgan fingerprint density at radius 2 is 1.56 bits per heavy atom. The molecule has 2 aromatic rings. The van der Waals surface area contributed by atoms with Gasteiger partial charge in [0.05, 0.1) is 6.54 Å². The topological polar surface area (TPSA) is 67.4 Å². The number of nitrogens with one attached hydrogen (secondary N) is 2. The third-order valence-electron chi connectivity index (χ3n) is 4.23. The number of carbonyl (C=O) groups excluding carboxylic acids is 2. The molecule has 130 valence electrons. The molecule has 1 saturated carbocycles. The summed E-state index contributed by atoms with van der Waals surface area (Å²) in [4.78, 5) is 24.0. The highest BCUT2D eigenvalue weighted by atomic mass is 16.5. The van der Waals surface area contributed by atoms with Gasteiger partial charge in [-0.15, -0.1) is 0 Å². The number of benzene rings is 2. The number of carbonyl (C=O) groups is 2. The van der Waals surface area contributed by atoms with Gasteiger partial charge in [0, 0.05) is 11.6 Å². The second-order valence-corrected chi connectivity index (χ2v) is 6.17. The van der Waals surface area contributed by atoms with E-state index in [1.165, 1.54) is 0 Å². The molecule has 0 unspecified atom stereocenters. The Morgan fingerprint density at radius 3 is 2.24 bits per heavy atom. The summed E-state index contributed by atoms with van der Waals surface area (Å²) in [7, 11) is 0. The van der Waals surface area contributed by atoms with E-state index in [1.54, 1.807) is 24.3 Å². The van der Waals surface area contributed by atoms with Crippen molar-refractivity contribution in [3.8, 4) is 11.5 Å². The van der Waals surface area contributed by atoms with Crippen LogP contribution in [0.2, 0.25) is 0 Å². The molecule has 5 heteroatoms. The Balaban J connectivity index is 1.47. The van der Waals surface area contributed by atoms with Gasteiger partial charge in [0.25, 0.3) is 5.91 Å². The molecule has 0 aliphatic heterocycles. The minimum absolute atomic E-state index is 0.00238. The van der Waals surface area contributed by atoms with Crippen LogP contribution in [-0.2, 0) is 4.79 Å². The van der Waals surface area contributed by atoms with Crippen LogP contribution in [0.25, 0.3) is 0 Å². The molecular weight excluding hydrogens is 316 g/mol. The van der Waals surface area contributed by atoms with Gasteiger partial charge in [0.15, 0.2) is 0 Å². The van der Waals surface area contributed by atoms with E-state index in [4.69, 9.17) is 4.74 Å². The quantitative estimate of drug-likeness (QED) is 0.849. The van der Waals surface area contributed by atoms with Gasteiger partial charge in [0.2, 0.25) is 5.91 Å². The fourth-order valence-corrected chi connectivity index (χ4v) is 2.91. The largest absolute Gasteiger partial charge is 0.457 e.